The molecule has 1 heterocycles. The van der Waals surface area contributed by atoms with Gasteiger partial charge in [0.1, 0.15) is 24.9 Å². The highest BCUT2D eigenvalue weighted by Crippen LogP contribution is 2.33. The summed E-state index contributed by atoms with van der Waals surface area (Å²) in [6.45, 7) is 2.21. The third-order valence-electron chi connectivity index (χ3n) is 4.67. The number of carbonyl (C=O) groups excluding carboxylic acids is 1. The number of rotatable bonds is 10. The lowest BCUT2D eigenvalue weighted by atomic mass is 10.1. The van der Waals surface area contributed by atoms with Crippen LogP contribution in [0.5, 0.6) is 5.75 Å². The van der Waals surface area contributed by atoms with Gasteiger partial charge in [0.15, 0.2) is 6.29 Å². The van der Waals surface area contributed by atoms with Crippen molar-refractivity contribution in [3.05, 3.63) is 59.7 Å². The summed E-state index contributed by atoms with van der Waals surface area (Å²) in [5.74, 6) is 0.115. The first-order chi connectivity index (χ1) is 15.0. The van der Waals surface area contributed by atoms with Crippen LogP contribution in [0.1, 0.15) is 23.8 Å². The molecule has 2 aromatic rings. The second-order valence-electron chi connectivity index (χ2n) is 7.35. The minimum Gasteiger partial charge on any atom is -0.491 e. The first kappa shape index (κ1) is 22.7. The molecule has 3 rings (SSSR count). The van der Waals surface area contributed by atoms with Gasteiger partial charge in [0.05, 0.1) is 19.3 Å². The van der Waals surface area contributed by atoms with Crippen molar-refractivity contribution in [3.63, 3.8) is 0 Å². The standard InChI is InChI=1S/C23H27N3O5/c1-26(14-17-5-3-2-4-6-17)15-18(27)16-31-19-7-8-21(25-22(28)9-10-24)20(13-19)23-29-11-12-30-23/h2-8,13,18,23,27H,9,11-12,14-16H2,1H3,(H,25,28). The number of hydrogen-bond acceptors (Lipinski definition) is 7. The van der Waals surface area contributed by atoms with Crippen molar-refractivity contribution in [1.82, 2.24) is 4.90 Å². The Morgan fingerprint density at radius 3 is 2.74 bits per heavy atom. The molecular formula is C23H27N3O5. The quantitative estimate of drug-likeness (QED) is 0.603. The van der Waals surface area contributed by atoms with E-state index in [0.29, 0.717) is 36.8 Å². The molecule has 2 aromatic carbocycles. The number of amides is 1. The summed E-state index contributed by atoms with van der Waals surface area (Å²) in [7, 11) is 1.95. The number of benzene rings is 2. The largest absolute Gasteiger partial charge is 0.491 e. The molecule has 1 saturated heterocycles. The summed E-state index contributed by atoms with van der Waals surface area (Å²) in [6, 6.07) is 17.0. The molecule has 1 atom stereocenters. The van der Waals surface area contributed by atoms with Crippen molar-refractivity contribution in [2.45, 2.75) is 25.4 Å². The van der Waals surface area contributed by atoms with E-state index >= 15 is 0 Å². The zero-order chi connectivity index (χ0) is 22.1. The second-order valence-corrected chi connectivity index (χ2v) is 7.35. The van der Waals surface area contributed by atoms with Crippen LogP contribution in [-0.4, -0.2) is 55.4 Å². The third kappa shape index (κ3) is 7.05. The zero-order valence-corrected chi connectivity index (χ0v) is 17.5. The van der Waals surface area contributed by atoms with Crippen molar-refractivity contribution < 1.29 is 24.1 Å². The Hall–Kier alpha value is -2.96. The molecule has 1 fully saturated rings. The topological polar surface area (TPSA) is 104 Å². The molecule has 0 aromatic heterocycles. The van der Waals surface area contributed by atoms with Gasteiger partial charge in [0.2, 0.25) is 5.91 Å². The second kappa shape index (κ2) is 11.4. The van der Waals surface area contributed by atoms with Gasteiger partial charge >= 0.3 is 0 Å². The normalized spacial score (nSPS) is 14.9. The number of aliphatic hydroxyl groups is 1. The van der Waals surface area contributed by atoms with Gasteiger partial charge in [-0.3, -0.25) is 9.69 Å². The maximum atomic E-state index is 11.8. The van der Waals surface area contributed by atoms with E-state index in [2.05, 4.69) is 5.32 Å². The van der Waals surface area contributed by atoms with E-state index in [1.54, 1.807) is 18.2 Å². The van der Waals surface area contributed by atoms with Crippen molar-refractivity contribution in [3.8, 4) is 11.8 Å². The average molecular weight is 425 g/mol. The van der Waals surface area contributed by atoms with Crippen LogP contribution < -0.4 is 10.1 Å². The number of nitrogens with zero attached hydrogens (tertiary/aromatic N) is 2. The molecule has 8 nitrogen and oxygen atoms in total. The molecule has 2 N–H and O–H groups in total. The van der Waals surface area contributed by atoms with E-state index in [9.17, 15) is 9.90 Å². The number of ether oxygens (including phenoxy) is 3. The molecular weight excluding hydrogens is 398 g/mol. The van der Waals surface area contributed by atoms with Crippen LogP contribution in [0.4, 0.5) is 5.69 Å². The summed E-state index contributed by atoms with van der Waals surface area (Å²) in [4.78, 5) is 13.9. The van der Waals surface area contributed by atoms with Gasteiger partial charge in [-0.25, -0.2) is 0 Å². The van der Waals surface area contributed by atoms with Crippen molar-refractivity contribution in [1.29, 1.82) is 5.26 Å². The first-order valence-corrected chi connectivity index (χ1v) is 10.1. The van der Waals surface area contributed by atoms with Crippen LogP contribution >= 0.6 is 0 Å². The number of nitriles is 1. The molecule has 164 valence electrons. The average Bonchev–Trinajstić information content (AvgIpc) is 3.28. The zero-order valence-electron chi connectivity index (χ0n) is 17.5. The number of carbonyl (C=O) groups is 1. The molecule has 8 heteroatoms. The van der Waals surface area contributed by atoms with Crippen LogP contribution in [0.2, 0.25) is 0 Å². The lowest BCUT2D eigenvalue weighted by molar-refractivity contribution is -0.115. The van der Waals surface area contributed by atoms with E-state index in [1.165, 1.54) is 5.56 Å². The molecule has 0 spiro atoms. The summed E-state index contributed by atoms with van der Waals surface area (Å²) in [5.41, 5.74) is 2.29. The molecule has 31 heavy (non-hydrogen) atoms. The number of hydrogen-bond donors (Lipinski definition) is 2. The SMILES string of the molecule is CN(Cc1ccccc1)CC(O)COc1ccc(NC(=O)CC#N)c(C2OCCO2)c1. The van der Waals surface area contributed by atoms with Crippen LogP contribution in [-0.2, 0) is 20.8 Å². The highest BCUT2D eigenvalue weighted by atomic mass is 16.7. The van der Waals surface area contributed by atoms with E-state index in [0.717, 1.165) is 6.54 Å². The maximum Gasteiger partial charge on any atom is 0.238 e. The summed E-state index contributed by atoms with van der Waals surface area (Å²) in [6.07, 6.45) is -1.54. The van der Waals surface area contributed by atoms with Gasteiger partial charge < -0.3 is 24.6 Å². The van der Waals surface area contributed by atoms with Gasteiger partial charge in [0, 0.05) is 24.3 Å². The predicted molar refractivity (Wildman–Crippen MR) is 114 cm³/mol. The Balaban J connectivity index is 1.58. The maximum absolute atomic E-state index is 11.8. The highest BCUT2D eigenvalue weighted by molar-refractivity contribution is 5.92. The first-order valence-electron chi connectivity index (χ1n) is 10.1. The number of aliphatic hydroxyl groups excluding tert-OH is 1. The molecule has 0 aliphatic carbocycles. The lowest BCUT2D eigenvalue weighted by Gasteiger charge is -2.21. The summed E-state index contributed by atoms with van der Waals surface area (Å²) >= 11 is 0. The Kier molecular flexibility index (Phi) is 8.38. The Labute approximate surface area is 181 Å². The fourth-order valence-corrected chi connectivity index (χ4v) is 3.31. The molecule has 0 saturated carbocycles. The van der Waals surface area contributed by atoms with Crippen LogP contribution in [0.3, 0.4) is 0 Å². The molecule has 0 bridgehead atoms. The van der Waals surface area contributed by atoms with Crippen molar-refractivity contribution >= 4 is 11.6 Å². The molecule has 0 radical (unpaired) electrons. The van der Waals surface area contributed by atoms with Gasteiger partial charge in [-0.05, 0) is 30.8 Å². The number of anilines is 1. The van der Waals surface area contributed by atoms with Gasteiger partial charge in [0.25, 0.3) is 0 Å². The molecule has 1 aliphatic heterocycles. The number of likely N-dealkylation sites (N-methyl/N-ethyl adjacent to an activating group) is 1. The summed E-state index contributed by atoms with van der Waals surface area (Å²) < 4.78 is 16.9. The third-order valence-corrected chi connectivity index (χ3v) is 4.67. The minimum atomic E-state index is -0.675. The molecule has 1 unspecified atom stereocenters. The monoisotopic (exact) mass is 425 g/mol. The van der Waals surface area contributed by atoms with Crippen molar-refractivity contribution in [2.75, 3.05) is 38.7 Å². The predicted octanol–water partition coefficient (Wildman–Crippen LogP) is 2.46. The van der Waals surface area contributed by atoms with E-state index in [-0.39, 0.29) is 13.0 Å². The Morgan fingerprint density at radius 1 is 1.29 bits per heavy atom. The van der Waals surface area contributed by atoms with Crippen molar-refractivity contribution in [2.24, 2.45) is 0 Å². The van der Waals surface area contributed by atoms with Gasteiger partial charge in [-0.1, -0.05) is 30.3 Å². The fourth-order valence-electron chi connectivity index (χ4n) is 3.31. The summed E-state index contributed by atoms with van der Waals surface area (Å²) in [5, 5.41) is 21.8. The van der Waals surface area contributed by atoms with Crippen LogP contribution in [0.25, 0.3) is 0 Å². The van der Waals surface area contributed by atoms with E-state index in [4.69, 9.17) is 19.5 Å². The van der Waals surface area contributed by atoms with Gasteiger partial charge in [-0.2, -0.15) is 5.26 Å². The highest BCUT2D eigenvalue weighted by Gasteiger charge is 2.23. The number of nitrogens with one attached hydrogen (secondary N) is 1. The molecule has 1 amide bonds. The Morgan fingerprint density at radius 2 is 2.03 bits per heavy atom. The van der Waals surface area contributed by atoms with Gasteiger partial charge in [-0.15, -0.1) is 0 Å². The lowest BCUT2D eigenvalue weighted by Crippen LogP contribution is -2.32. The molecule has 1 aliphatic rings. The van der Waals surface area contributed by atoms with E-state index < -0.39 is 18.3 Å². The van der Waals surface area contributed by atoms with Crippen LogP contribution in [0.15, 0.2) is 48.5 Å². The van der Waals surface area contributed by atoms with E-state index in [1.807, 2.05) is 48.3 Å². The Bertz CT molecular complexity index is 894. The smallest absolute Gasteiger partial charge is 0.238 e. The fraction of sp³-hybridized carbons (Fsp3) is 0.391. The van der Waals surface area contributed by atoms with Crippen LogP contribution in [0, 0.1) is 11.3 Å². The minimum absolute atomic E-state index is 0.116.